The molecule has 1 aliphatic heterocycles. The van der Waals surface area contributed by atoms with E-state index in [0.29, 0.717) is 58.9 Å². The number of amides is 3. The summed E-state index contributed by atoms with van der Waals surface area (Å²) in [4.78, 5) is 53.1. The minimum atomic E-state index is -0.454. The Morgan fingerprint density at radius 2 is 1.00 bits per heavy atom. The molecule has 13 heteroatoms. The van der Waals surface area contributed by atoms with Crippen LogP contribution in [0.2, 0.25) is 0 Å². The highest BCUT2D eigenvalue weighted by Gasteiger charge is 2.19. The minimum absolute atomic E-state index is 0.0261. The van der Waals surface area contributed by atoms with E-state index in [9.17, 15) is 24.5 Å². The smallest absolute Gasteiger partial charge is 0.269 e. The molecule has 34 heavy (non-hydrogen) atoms. The largest absolute Gasteiger partial charge is 0.369 e. The van der Waals surface area contributed by atoms with Gasteiger partial charge >= 0.3 is 0 Å². The van der Waals surface area contributed by atoms with E-state index in [1.54, 1.807) is 12.1 Å². The Bertz CT molecular complexity index is 818. The van der Waals surface area contributed by atoms with Crippen LogP contribution in [0.4, 0.5) is 5.69 Å². The van der Waals surface area contributed by atoms with E-state index in [1.807, 2.05) is 14.7 Å². The summed E-state index contributed by atoms with van der Waals surface area (Å²) >= 11 is 0. The molecular formula is C21H34N8O5. The molecule has 1 saturated heterocycles. The molecule has 1 fully saturated rings. The molecule has 0 aromatic heterocycles. The van der Waals surface area contributed by atoms with Crippen LogP contribution < -0.4 is 17.2 Å². The van der Waals surface area contributed by atoms with Crippen LogP contribution in [-0.2, 0) is 20.9 Å². The Morgan fingerprint density at radius 1 is 0.676 bits per heavy atom. The summed E-state index contributed by atoms with van der Waals surface area (Å²) in [5.74, 6) is -1.34. The predicted octanol–water partition coefficient (Wildman–Crippen LogP) is -2.23. The van der Waals surface area contributed by atoms with Gasteiger partial charge in [0.15, 0.2) is 0 Å². The molecule has 1 aromatic carbocycles. The molecule has 0 unspecified atom stereocenters. The third-order valence-corrected chi connectivity index (χ3v) is 5.62. The molecule has 0 bridgehead atoms. The van der Waals surface area contributed by atoms with Crippen molar-refractivity contribution in [2.45, 2.75) is 6.54 Å². The molecule has 3 amide bonds. The van der Waals surface area contributed by atoms with Crippen molar-refractivity contribution >= 4 is 23.4 Å². The Kier molecular flexibility index (Phi) is 10.8. The molecule has 0 aliphatic carbocycles. The van der Waals surface area contributed by atoms with Crippen molar-refractivity contribution in [1.82, 2.24) is 19.6 Å². The first kappa shape index (κ1) is 27.1. The second-order valence-electron chi connectivity index (χ2n) is 8.43. The lowest BCUT2D eigenvalue weighted by atomic mass is 10.2. The van der Waals surface area contributed by atoms with Crippen LogP contribution in [0.25, 0.3) is 0 Å². The lowest BCUT2D eigenvalue weighted by molar-refractivity contribution is -0.384. The van der Waals surface area contributed by atoms with Gasteiger partial charge in [0.25, 0.3) is 5.69 Å². The second-order valence-corrected chi connectivity index (χ2v) is 8.43. The Balaban J connectivity index is 2.17. The maximum atomic E-state index is 11.6. The summed E-state index contributed by atoms with van der Waals surface area (Å²) in [5.41, 5.74) is 17.2. The van der Waals surface area contributed by atoms with Crippen molar-refractivity contribution in [3.05, 3.63) is 39.9 Å². The van der Waals surface area contributed by atoms with E-state index in [-0.39, 0.29) is 25.3 Å². The number of hydrogen-bond acceptors (Lipinski definition) is 9. The van der Waals surface area contributed by atoms with Gasteiger partial charge in [0.05, 0.1) is 24.6 Å². The number of non-ortho nitro benzene ring substituents is 1. The van der Waals surface area contributed by atoms with Gasteiger partial charge in [-0.25, -0.2) is 0 Å². The van der Waals surface area contributed by atoms with E-state index in [1.165, 1.54) is 12.1 Å². The molecule has 188 valence electrons. The summed E-state index contributed by atoms with van der Waals surface area (Å²) in [6.07, 6.45) is 0. The summed E-state index contributed by atoms with van der Waals surface area (Å²) < 4.78 is 0. The third-order valence-electron chi connectivity index (χ3n) is 5.62. The molecule has 1 aromatic rings. The van der Waals surface area contributed by atoms with Crippen molar-refractivity contribution in [2.24, 2.45) is 17.2 Å². The second kappa shape index (κ2) is 13.5. The lowest BCUT2D eigenvalue weighted by Crippen LogP contribution is -2.49. The zero-order valence-electron chi connectivity index (χ0n) is 19.3. The Morgan fingerprint density at radius 3 is 1.29 bits per heavy atom. The topological polar surface area (TPSA) is 185 Å². The van der Waals surface area contributed by atoms with Crippen LogP contribution in [0.3, 0.4) is 0 Å². The van der Waals surface area contributed by atoms with Gasteiger partial charge in [0, 0.05) is 71.0 Å². The highest BCUT2D eigenvalue weighted by Crippen LogP contribution is 2.14. The average Bonchev–Trinajstić information content (AvgIpc) is 2.74. The monoisotopic (exact) mass is 478 g/mol. The summed E-state index contributed by atoms with van der Waals surface area (Å²) in [7, 11) is 0. The van der Waals surface area contributed by atoms with Crippen LogP contribution in [0.1, 0.15) is 5.56 Å². The highest BCUT2D eigenvalue weighted by atomic mass is 16.6. The van der Waals surface area contributed by atoms with E-state index in [2.05, 4.69) is 4.90 Å². The fraction of sp³-hybridized carbons (Fsp3) is 0.571. The number of carbonyl (C=O) groups is 3. The number of hydrogen-bond donors (Lipinski definition) is 3. The summed E-state index contributed by atoms with van der Waals surface area (Å²) in [6, 6.07) is 6.38. The summed E-state index contributed by atoms with van der Waals surface area (Å²) in [5, 5.41) is 10.9. The van der Waals surface area contributed by atoms with Gasteiger partial charge in [-0.2, -0.15) is 0 Å². The SMILES string of the molecule is NC(=O)CN1CCN(CC(N)=O)CCN(Cc2ccc([N+](=O)[O-])cc2)CCN(CC(N)=O)CC1. The number of nitro groups is 1. The molecule has 0 spiro atoms. The van der Waals surface area contributed by atoms with Crippen LogP contribution in [0.15, 0.2) is 24.3 Å². The molecule has 0 atom stereocenters. The Hall–Kier alpha value is -3.13. The molecular weight excluding hydrogens is 444 g/mol. The number of nitrogens with two attached hydrogens (primary N) is 3. The number of primary amides is 3. The molecule has 1 heterocycles. The average molecular weight is 479 g/mol. The molecule has 1 aliphatic rings. The van der Waals surface area contributed by atoms with Crippen molar-refractivity contribution in [3.8, 4) is 0 Å². The first-order valence-corrected chi connectivity index (χ1v) is 11.1. The molecule has 0 saturated carbocycles. The van der Waals surface area contributed by atoms with Crippen molar-refractivity contribution in [2.75, 3.05) is 72.0 Å². The predicted molar refractivity (Wildman–Crippen MR) is 125 cm³/mol. The maximum Gasteiger partial charge on any atom is 0.269 e. The molecule has 6 N–H and O–H groups in total. The van der Waals surface area contributed by atoms with Crippen LogP contribution >= 0.6 is 0 Å². The number of carbonyl (C=O) groups excluding carboxylic acids is 3. The van der Waals surface area contributed by atoms with E-state index >= 15 is 0 Å². The van der Waals surface area contributed by atoms with Gasteiger partial charge in [-0.05, 0) is 5.56 Å². The van der Waals surface area contributed by atoms with Crippen molar-refractivity contribution in [1.29, 1.82) is 0 Å². The number of nitrogens with zero attached hydrogens (tertiary/aromatic N) is 5. The van der Waals surface area contributed by atoms with Gasteiger partial charge in [0.1, 0.15) is 0 Å². The van der Waals surface area contributed by atoms with Gasteiger partial charge in [-0.3, -0.25) is 44.1 Å². The van der Waals surface area contributed by atoms with Gasteiger partial charge in [-0.15, -0.1) is 0 Å². The number of benzene rings is 1. The summed E-state index contributed by atoms with van der Waals surface area (Å²) in [6.45, 7) is 5.12. The van der Waals surface area contributed by atoms with Crippen LogP contribution in [-0.4, -0.2) is 114 Å². The molecule has 0 radical (unpaired) electrons. The van der Waals surface area contributed by atoms with E-state index < -0.39 is 22.6 Å². The maximum absolute atomic E-state index is 11.6. The first-order valence-electron chi connectivity index (χ1n) is 11.1. The van der Waals surface area contributed by atoms with Crippen LogP contribution in [0.5, 0.6) is 0 Å². The normalized spacial score (nSPS) is 18.0. The number of rotatable bonds is 9. The van der Waals surface area contributed by atoms with Gasteiger partial charge in [0.2, 0.25) is 17.7 Å². The van der Waals surface area contributed by atoms with Gasteiger partial charge in [-0.1, -0.05) is 12.1 Å². The zero-order valence-corrected chi connectivity index (χ0v) is 19.3. The quantitative estimate of drug-likeness (QED) is 0.261. The fourth-order valence-electron chi connectivity index (χ4n) is 3.85. The Labute approximate surface area is 198 Å². The third kappa shape index (κ3) is 10.2. The van der Waals surface area contributed by atoms with Gasteiger partial charge < -0.3 is 17.2 Å². The van der Waals surface area contributed by atoms with Crippen molar-refractivity contribution < 1.29 is 19.3 Å². The standard InChI is InChI=1S/C21H34N8O5/c22-19(30)14-26-7-5-25(13-17-1-3-18(4-2-17)29(33)34)6-8-27(15-20(23)31)10-12-28(11-9-26)16-21(24)32/h1-4H,5-16H2,(H2,22,30)(H2,23,31)(H2,24,32). The zero-order chi connectivity index (χ0) is 25.1. The minimum Gasteiger partial charge on any atom is -0.369 e. The highest BCUT2D eigenvalue weighted by molar-refractivity contribution is 5.76. The van der Waals surface area contributed by atoms with E-state index in [4.69, 9.17) is 17.2 Å². The molecule has 13 nitrogen and oxygen atoms in total. The van der Waals surface area contributed by atoms with Crippen molar-refractivity contribution in [3.63, 3.8) is 0 Å². The number of nitro benzene ring substituents is 1. The van der Waals surface area contributed by atoms with E-state index in [0.717, 1.165) is 5.56 Å². The first-order chi connectivity index (χ1) is 16.1. The fourth-order valence-corrected chi connectivity index (χ4v) is 3.85. The lowest BCUT2D eigenvalue weighted by Gasteiger charge is -2.33. The molecule has 2 rings (SSSR count). The van der Waals surface area contributed by atoms with Crippen LogP contribution in [0, 0.1) is 10.1 Å².